The van der Waals surface area contributed by atoms with Crippen molar-refractivity contribution >= 4 is 22.5 Å². The van der Waals surface area contributed by atoms with Gasteiger partial charge < -0.3 is 4.98 Å². The maximum Gasteiger partial charge on any atom is 0.255 e. The third kappa shape index (κ3) is 2.60. The largest absolute Gasteiger partial charge is 0.301 e. The van der Waals surface area contributed by atoms with E-state index in [1.54, 1.807) is 6.20 Å². The van der Waals surface area contributed by atoms with Crippen molar-refractivity contribution < 1.29 is 0 Å². The van der Waals surface area contributed by atoms with Crippen molar-refractivity contribution in [3.8, 4) is 0 Å². The zero-order valence-corrected chi connectivity index (χ0v) is 11.9. The van der Waals surface area contributed by atoms with Gasteiger partial charge in [-0.25, -0.2) is 4.98 Å². The summed E-state index contributed by atoms with van der Waals surface area (Å²) in [6.07, 6.45) is 4.16. The molecule has 1 aromatic heterocycles. The van der Waals surface area contributed by atoms with E-state index in [0.29, 0.717) is 17.1 Å². The molecule has 100 valence electrons. The Balaban J connectivity index is 1.94. The minimum atomic E-state index is -0.0579. The lowest BCUT2D eigenvalue weighted by atomic mass is 10.0. The van der Waals surface area contributed by atoms with Gasteiger partial charge in [-0.3, -0.25) is 4.79 Å². The lowest BCUT2D eigenvalue weighted by Crippen LogP contribution is -2.14. The third-order valence-corrected chi connectivity index (χ3v) is 3.85. The van der Waals surface area contributed by atoms with Gasteiger partial charge in [-0.2, -0.15) is 0 Å². The molecule has 0 radical (unpaired) electrons. The summed E-state index contributed by atoms with van der Waals surface area (Å²) in [6.45, 7) is 0. The molecule has 3 nitrogen and oxygen atoms in total. The minimum Gasteiger partial charge on any atom is -0.301 e. The number of thioether (sulfide) groups is 1. The standard InChI is InChI=1S/C16H14N2OS/c1-20-16-17-10-14(15(19)18-16)9-11-6-7-12-4-2-3-5-13(12)8-11/h2-8,10H,9H2,1H3,(H,17,18,19). The molecule has 0 saturated heterocycles. The van der Waals surface area contributed by atoms with E-state index in [1.165, 1.54) is 22.5 Å². The van der Waals surface area contributed by atoms with E-state index in [4.69, 9.17) is 0 Å². The van der Waals surface area contributed by atoms with Crippen LogP contribution in [0.15, 0.2) is 58.6 Å². The Morgan fingerprint density at radius 1 is 1.15 bits per heavy atom. The van der Waals surface area contributed by atoms with E-state index < -0.39 is 0 Å². The minimum absolute atomic E-state index is 0.0579. The summed E-state index contributed by atoms with van der Waals surface area (Å²) in [7, 11) is 0. The molecule has 0 aliphatic rings. The molecule has 20 heavy (non-hydrogen) atoms. The van der Waals surface area contributed by atoms with E-state index in [9.17, 15) is 4.79 Å². The maximum absolute atomic E-state index is 12.0. The van der Waals surface area contributed by atoms with Crippen LogP contribution in [0.4, 0.5) is 0 Å². The van der Waals surface area contributed by atoms with Gasteiger partial charge in [-0.1, -0.05) is 54.2 Å². The number of H-pyrrole nitrogens is 1. The van der Waals surface area contributed by atoms with Crippen LogP contribution in [0.5, 0.6) is 0 Å². The molecule has 0 atom stereocenters. The fraction of sp³-hybridized carbons (Fsp3) is 0.125. The summed E-state index contributed by atoms with van der Waals surface area (Å²) in [5, 5.41) is 3.05. The molecule has 1 N–H and O–H groups in total. The van der Waals surface area contributed by atoms with Crippen molar-refractivity contribution in [1.29, 1.82) is 0 Å². The average Bonchev–Trinajstić information content (AvgIpc) is 2.49. The van der Waals surface area contributed by atoms with Gasteiger partial charge in [0.05, 0.1) is 0 Å². The molecule has 0 aliphatic heterocycles. The predicted molar refractivity (Wildman–Crippen MR) is 83.4 cm³/mol. The van der Waals surface area contributed by atoms with Crippen LogP contribution in [0.2, 0.25) is 0 Å². The maximum atomic E-state index is 12.0. The highest BCUT2D eigenvalue weighted by atomic mass is 32.2. The van der Waals surface area contributed by atoms with Crippen LogP contribution in [0.1, 0.15) is 11.1 Å². The van der Waals surface area contributed by atoms with Gasteiger partial charge in [0, 0.05) is 18.2 Å². The van der Waals surface area contributed by atoms with Crippen molar-refractivity contribution in [2.75, 3.05) is 6.26 Å². The summed E-state index contributed by atoms with van der Waals surface area (Å²) in [6, 6.07) is 14.5. The van der Waals surface area contributed by atoms with Gasteiger partial charge in [-0.15, -0.1) is 0 Å². The first-order valence-corrected chi connectivity index (χ1v) is 7.58. The van der Waals surface area contributed by atoms with Crippen LogP contribution < -0.4 is 5.56 Å². The summed E-state index contributed by atoms with van der Waals surface area (Å²) >= 11 is 1.43. The number of aromatic nitrogens is 2. The summed E-state index contributed by atoms with van der Waals surface area (Å²) in [5.74, 6) is 0. The number of rotatable bonds is 3. The SMILES string of the molecule is CSc1ncc(Cc2ccc3ccccc3c2)c(=O)[nH]1. The molecule has 0 fully saturated rings. The van der Waals surface area contributed by atoms with Crippen LogP contribution in [0.3, 0.4) is 0 Å². The second-order valence-electron chi connectivity index (χ2n) is 4.61. The first kappa shape index (κ1) is 12.9. The lowest BCUT2D eigenvalue weighted by molar-refractivity contribution is 0.902. The van der Waals surface area contributed by atoms with E-state index in [-0.39, 0.29) is 5.56 Å². The molecule has 0 saturated carbocycles. The predicted octanol–water partition coefficient (Wildman–Crippen LogP) is 3.24. The summed E-state index contributed by atoms with van der Waals surface area (Å²) in [4.78, 5) is 19.0. The molecule has 0 aliphatic carbocycles. The Bertz CT molecular complexity index is 811. The van der Waals surface area contributed by atoms with Crippen LogP contribution in [-0.2, 0) is 6.42 Å². The number of hydrogen-bond acceptors (Lipinski definition) is 3. The molecule has 0 unspecified atom stereocenters. The summed E-state index contributed by atoms with van der Waals surface area (Å²) in [5.41, 5.74) is 1.75. The second kappa shape index (κ2) is 5.51. The Hall–Kier alpha value is -2.07. The van der Waals surface area contributed by atoms with Crippen molar-refractivity contribution in [3.05, 3.63) is 70.1 Å². The average molecular weight is 282 g/mol. The van der Waals surface area contributed by atoms with Crippen LogP contribution in [0.25, 0.3) is 10.8 Å². The second-order valence-corrected chi connectivity index (χ2v) is 5.40. The number of nitrogens with zero attached hydrogens (tertiary/aromatic N) is 1. The monoisotopic (exact) mass is 282 g/mol. The topological polar surface area (TPSA) is 45.8 Å². The Morgan fingerprint density at radius 3 is 2.70 bits per heavy atom. The summed E-state index contributed by atoms with van der Waals surface area (Å²) < 4.78 is 0. The Morgan fingerprint density at radius 2 is 1.95 bits per heavy atom. The molecule has 0 spiro atoms. The number of nitrogens with one attached hydrogen (secondary N) is 1. The zero-order chi connectivity index (χ0) is 13.9. The highest BCUT2D eigenvalue weighted by molar-refractivity contribution is 7.98. The Labute approximate surface area is 121 Å². The highest BCUT2D eigenvalue weighted by Crippen LogP contribution is 2.17. The first-order chi connectivity index (χ1) is 9.76. The van der Waals surface area contributed by atoms with E-state index in [1.807, 2.05) is 18.4 Å². The van der Waals surface area contributed by atoms with Gasteiger partial charge in [0.15, 0.2) is 5.16 Å². The molecule has 0 bridgehead atoms. The van der Waals surface area contributed by atoms with Crippen LogP contribution in [-0.4, -0.2) is 16.2 Å². The van der Waals surface area contributed by atoms with Crippen molar-refractivity contribution in [2.45, 2.75) is 11.6 Å². The van der Waals surface area contributed by atoms with E-state index >= 15 is 0 Å². The molecular weight excluding hydrogens is 268 g/mol. The van der Waals surface area contributed by atoms with Gasteiger partial charge in [0.2, 0.25) is 0 Å². The van der Waals surface area contributed by atoms with Crippen molar-refractivity contribution in [3.63, 3.8) is 0 Å². The third-order valence-electron chi connectivity index (χ3n) is 3.25. The van der Waals surface area contributed by atoms with Gasteiger partial charge in [-0.05, 0) is 22.6 Å². The van der Waals surface area contributed by atoms with Crippen molar-refractivity contribution in [1.82, 2.24) is 9.97 Å². The van der Waals surface area contributed by atoms with Gasteiger partial charge in [0.25, 0.3) is 5.56 Å². The number of fused-ring (bicyclic) bond motifs is 1. The molecule has 0 amide bonds. The van der Waals surface area contributed by atoms with Crippen molar-refractivity contribution in [2.24, 2.45) is 0 Å². The molecule has 3 aromatic rings. The fourth-order valence-corrected chi connectivity index (χ4v) is 2.56. The van der Waals surface area contributed by atoms with E-state index in [0.717, 1.165) is 5.56 Å². The number of aromatic amines is 1. The molecule has 2 aromatic carbocycles. The molecule has 1 heterocycles. The number of hydrogen-bond donors (Lipinski definition) is 1. The quantitative estimate of drug-likeness (QED) is 0.592. The molecule has 4 heteroatoms. The normalized spacial score (nSPS) is 10.8. The first-order valence-electron chi connectivity index (χ1n) is 6.36. The van der Waals surface area contributed by atoms with Crippen LogP contribution in [0, 0.1) is 0 Å². The van der Waals surface area contributed by atoms with Crippen LogP contribution >= 0.6 is 11.8 Å². The smallest absolute Gasteiger partial charge is 0.255 e. The fourth-order valence-electron chi connectivity index (χ4n) is 2.20. The lowest BCUT2D eigenvalue weighted by Gasteiger charge is -2.04. The Kier molecular flexibility index (Phi) is 3.56. The van der Waals surface area contributed by atoms with Gasteiger partial charge >= 0.3 is 0 Å². The van der Waals surface area contributed by atoms with Gasteiger partial charge in [0.1, 0.15) is 0 Å². The number of benzene rings is 2. The molecule has 3 rings (SSSR count). The van der Waals surface area contributed by atoms with E-state index in [2.05, 4.69) is 40.3 Å². The molecular formula is C16H14N2OS. The zero-order valence-electron chi connectivity index (χ0n) is 11.1. The highest BCUT2D eigenvalue weighted by Gasteiger charge is 2.04.